The molecule has 0 bridgehead atoms. The molecule has 0 heterocycles. The molecule has 7 aromatic rings. The van der Waals surface area contributed by atoms with Crippen LogP contribution >= 0.6 is 24.4 Å². The Morgan fingerprint density at radius 1 is 0.723 bits per heavy atom. The van der Waals surface area contributed by atoms with Crippen molar-refractivity contribution < 1.29 is 0 Å². The van der Waals surface area contributed by atoms with Crippen LogP contribution in [0.4, 0.5) is 0 Å². The highest BCUT2D eigenvalue weighted by Crippen LogP contribution is 2.60. The molecule has 0 fully saturated rings. The number of hydrogen-bond donors (Lipinski definition) is 1. The first-order valence-electron chi connectivity index (χ1n) is 16.3. The average Bonchev–Trinajstić information content (AvgIpc) is 3.39. The van der Waals surface area contributed by atoms with Crippen LogP contribution in [0, 0.1) is 5.92 Å². The number of thioether (sulfide) groups is 1. The van der Waals surface area contributed by atoms with Gasteiger partial charge in [-0.3, -0.25) is 0 Å². The van der Waals surface area contributed by atoms with E-state index in [0.29, 0.717) is 5.92 Å². The molecular formula is C45H36S2. The molecule has 0 N–H and O–H groups in total. The number of benzene rings is 7. The fraction of sp³-hybridized carbons (Fsp3) is 0.111. The summed E-state index contributed by atoms with van der Waals surface area (Å²) in [4.78, 5) is 0. The van der Waals surface area contributed by atoms with Crippen LogP contribution in [0.2, 0.25) is 0 Å². The van der Waals surface area contributed by atoms with Gasteiger partial charge in [-0.05, 0) is 113 Å². The Morgan fingerprint density at radius 3 is 2.19 bits per heavy atom. The zero-order chi connectivity index (χ0) is 32.1. The molecule has 2 atom stereocenters. The molecule has 0 spiro atoms. The second-order valence-corrected chi connectivity index (χ2v) is 14.5. The lowest BCUT2D eigenvalue weighted by Gasteiger charge is -2.33. The highest BCUT2D eigenvalue weighted by molar-refractivity contribution is 8.10. The first-order chi connectivity index (χ1) is 23.1. The number of fused-ring (bicyclic) bond motifs is 3. The third kappa shape index (κ3) is 4.77. The molecule has 9 rings (SSSR count). The summed E-state index contributed by atoms with van der Waals surface area (Å²) >= 11 is 7.43. The van der Waals surface area contributed by atoms with Gasteiger partial charge in [0.25, 0.3) is 0 Å². The summed E-state index contributed by atoms with van der Waals surface area (Å²) in [6.07, 6.45) is 12.3. The van der Waals surface area contributed by atoms with E-state index in [2.05, 4.69) is 147 Å². The van der Waals surface area contributed by atoms with Gasteiger partial charge in [-0.2, -0.15) is 12.6 Å². The predicted molar refractivity (Wildman–Crippen MR) is 212 cm³/mol. The molecule has 0 radical (unpaired) electrons. The summed E-state index contributed by atoms with van der Waals surface area (Å²) in [6.45, 7) is 6.72. The number of rotatable bonds is 5. The monoisotopic (exact) mass is 640 g/mol. The Balaban J connectivity index is 0.000000769. The molecule has 0 aromatic heterocycles. The van der Waals surface area contributed by atoms with Gasteiger partial charge in [-0.1, -0.05) is 147 Å². The number of hydrogen-bond acceptors (Lipinski definition) is 2. The van der Waals surface area contributed by atoms with Crippen molar-refractivity contribution in [1.82, 2.24) is 0 Å². The van der Waals surface area contributed by atoms with Gasteiger partial charge in [0.1, 0.15) is 4.08 Å². The van der Waals surface area contributed by atoms with E-state index >= 15 is 0 Å². The third-order valence-electron chi connectivity index (χ3n) is 10.1. The average molecular weight is 641 g/mol. The minimum Gasteiger partial charge on any atom is -0.152 e. The van der Waals surface area contributed by atoms with Crippen LogP contribution in [-0.2, 0) is 10.5 Å². The van der Waals surface area contributed by atoms with Crippen molar-refractivity contribution in [2.24, 2.45) is 5.92 Å². The normalized spacial score (nSPS) is 18.4. The standard InChI is InChI=1S/C41H30S2.C4H6/c1-43-41(42)37-24-30(33-13-5-8-25-7-2-3-12-32(25)33)20-22-35(37)36-14-6-11-31(40(36)41)23-29-18-17-28-16-15-26-9-4-10-27-19-21-34(29)39(28)38(26)27;1-3-4-2/h2-10,12-22,24,31,42H,11,23H2,1H3;3-4H,1-2H2. The Labute approximate surface area is 287 Å². The van der Waals surface area contributed by atoms with Gasteiger partial charge in [0.15, 0.2) is 0 Å². The maximum absolute atomic E-state index is 5.56. The van der Waals surface area contributed by atoms with E-state index in [1.165, 1.54) is 82.1 Å². The number of allylic oxidation sites excluding steroid dienone is 5. The summed E-state index contributed by atoms with van der Waals surface area (Å²) in [6, 6.07) is 43.0. The fourth-order valence-electron chi connectivity index (χ4n) is 7.97. The van der Waals surface area contributed by atoms with E-state index in [1.54, 1.807) is 12.2 Å². The van der Waals surface area contributed by atoms with Crippen molar-refractivity contribution in [2.75, 3.05) is 6.26 Å². The van der Waals surface area contributed by atoms with Crippen molar-refractivity contribution in [3.8, 4) is 11.1 Å². The third-order valence-corrected chi connectivity index (χ3v) is 12.2. The minimum absolute atomic E-state index is 0.371. The molecule has 0 saturated heterocycles. The van der Waals surface area contributed by atoms with E-state index in [1.807, 2.05) is 11.8 Å². The molecule has 228 valence electrons. The lowest BCUT2D eigenvalue weighted by Crippen LogP contribution is -2.23. The topological polar surface area (TPSA) is 0 Å². The maximum Gasteiger partial charge on any atom is 0.106 e. The largest absolute Gasteiger partial charge is 0.152 e. The molecule has 2 aliphatic carbocycles. The highest BCUT2D eigenvalue weighted by Gasteiger charge is 2.45. The van der Waals surface area contributed by atoms with Crippen LogP contribution in [0.1, 0.15) is 23.1 Å². The maximum atomic E-state index is 5.56. The second-order valence-electron chi connectivity index (χ2n) is 12.6. The van der Waals surface area contributed by atoms with Crippen molar-refractivity contribution in [2.45, 2.75) is 16.9 Å². The Hall–Kier alpha value is -4.50. The smallest absolute Gasteiger partial charge is 0.106 e. The Morgan fingerprint density at radius 2 is 1.40 bits per heavy atom. The van der Waals surface area contributed by atoms with Crippen LogP contribution in [0.25, 0.3) is 59.8 Å². The van der Waals surface area contributed by atoms with Gasteiger partial charge in [0, 0.05) is 0 Å². The summed E-state index contributed by atoms with van der Waals surface area (Å²) in [5.74, 6) is 0.386. The predicted octanol–water partition coefficient (Wildman–Crippen LogP) is 12.8. The van der Waals surface area contributed by atoms with Gasteiger partial charge in [-0.15, -0.1) is 11.8 Å². The molecule has 2 unspecified atom stereocenters. The van der Waals surface area contributed by atoms with Crippen LogP contribution < -0.4 is 0 Å². The molecule has 47 heavy (non-hydrogen) atoms. The first kappa shape index (κ1) is 29.9. The Bertz CT molecular complexity index is 2380. The van der Waals surface area contributed by atoms with Crippen LogP contribution in [0.3, 0.4) is 0 Å². The fourth-order valence-corrected chi connectivity index (χ4v) is 9.34. The molecular weight excluding hydrogens is 605 g/mol. The zero-order valence-corrected chi connectivity index (χ0v) is 28.3. The van der Waals surface area contributed by atoms with Gasteiger partial charge in [0.2, 0.25) is 0 Å². The molecule has 7 aromatic carbocycles. The van der Waals surface area contributed by atoms with Crippen molar-refractivity contribution >= 4 is 73.1 Å². The molecule has 0 amide bonds. The zero-order valence-electron chi connectivity index (χ0n) is 26.5. The highest BCUT2D eigenvalue weighted by atomic mass is 32.2. The molecule has 0 aliphatic heterocycles. The van der Waals surface area contributed by atoms with Crippen LogP contribution in [0.15, 0.2) is 158 Å². The summed E-state index contributed by atoms with van der Waals surface area (Å²) in [7, 11) is 0. The van der Waals surface area contributed by atoms with Gasteiger partial charge < -0.3 is 0 Å². The van der Waals surface area contributed by atoms with Gasteiger partial charge in [-0.25, -0.2) is 0 Å². The number of thiol groups is 1. The SMILES string of the molecule is C=CC=C.CSC1(S)C2=C(C=CCC2Cc2ccc3ccc4cccc5ccc2c3c45)c2ccc(-c3cccc4ccccc34)cc21. The van der Waals surface area contributed by atoms with Crippen LogP contribution in [-0.4, -0.2) is 6.26 Å². The minimum atomic E-state index is -0.371. The molecule has 0 nitrogen and oxygen atoms in total. The molecule has 2 heteroatoms. The van der Waals surface area contributed by atoms with E-state index in [9.17, 15) is 0 Å². The van der Waals surface area contributed by atoms with Gasteiger partial charge >= 0.3 is 0 Å². The quantitative estimate of drug-likeness (QED) is 0.0845. The molecule has 0 saturated carbocycles. The summed E-state index contributed by atoms with van der Waals surface area (Å²) in [5, 5.41) is 10.7. The van der Waals surface area contributed by atoms with E-state index < -0.39 is 0 Å². The lowest BCUT2D eigenvalue weighted by atomic mass is 9.81. The van der Waals surface area contributed by atoms with Crippen molar-refractivity contribution in [3.63, 3.8) is 0 Å². The van der Waals surface area contributed by atoms with Crippen LogP contribution in [0.5, 0.6) is 0 Å². The first-order valence-corrected chi connectivity index (χ1v) is 17.9. The van der Waals surface area contributed by atoms with E-state index in [-0.39, 0.29) is 4.08 Å². The van der Waals surface area contributed by atoms with Crippen molar-refractivity contribution in [1.29, 1.82) is 0 Å². The van der Waals surface area contributed by atoms with E-state index in [0.717, 1.165) is 12.8 Å². The summed E-state index contributed by atoms with van der Waals surface area (Å²) < 4.78 is -0.371. The molecule has 2 aliphatic rings. The lowest BCUT2D eigenvalue weighted by molar-refractivity contribution is 0.598. The Kier molecular flexibility index (Phi) is 7.59. The summed E-state index contributed by atoms with van der Waals surface area (Å²) in [5.41, 5.74) is 9.48. The van der Waals surface area contributed by atoms with E-state index in [4.69, 9.17) is 12.6 Å². The van der Waals surface area contributed by atoms with Crippen molar-refractivity contribution in [3.05, 3.63) is 175 Å². The van der Waals surface area contributed by atoms with Gasteiger partial charge in [0.05, 0.1) is 0 Å². The second kappa shape index (κ2) is 11.9.